The first-order valence-electron chi connectivity index (χ1n) is 4.48. The minimum Gasteiger partial charge on any atom is -0.0876 e. The molecule has 2 aromatic rings. The van der Waals surface area contributed by atoms with Crippen molar-refractivity contribution in [1.29, 1.82) is 0 Å². The van der Waals surface area contributed by atoms with Crippen LogP contribution in [0.15, 0.2) is 36.4 Å². The van der Waals surface area contributed by atoms with E-state index in [-0.39, 0.29) is 0 Å². The predicted octanol–water partition coefficient (Wildman–Crippen LogP) is 4.63. The van der Waals surface area contributed by atoms with Crippen LogP contribution in [0, 0.1) is 0 Å². The van der Waals surface area contributed by atoms with Gasteiger partial charge in [-0.05, 0) is 21.9 Å². The van der Waals surface area contributed by atoms with Crippen LogP contribution in [0.4, 0.5) is 0 Å². The van der Waals surface area contributed by atoms with Gasteiger partial charge in [-0.1, -0.05) is 68.3 Å². The van der Waals surface area contributed by atoms with E-state index in [1.165, 1.54) is 21.9 Å². The van der Waals surface area contributed by atoms with Crippen LogP contribution in [0.3, 0.4) is 0 Å². The molecule has 0 aliphatic carbocycles. The van der Waals surface area contributed by atoms with Gasteiger partial charge in [0.1, 0.15) is 0 Å². The fourth-order valence-corrected chi connectivity index (χ4v) is 2.66. The Morgan fingerprint density at radius 1 is 0.786 bits per heavy atom. The zero-order valence-electron chi connectivity index (χ0n) is 7.63. The average Bonchev–Trinajstić information content (AvgIpc) is 2.27. The van der Waals surface area contributed by atoms with E-state index in [2.05, 4.69) is 68.3 Å². The lowest BCUT2D eigenvalue weighted by molar-refractivity contribution is 1.42. The van der Waals surface area contributed by atoms with Crippen molar-refractivity contribution >= 4 is 42.6 Å². The first-order valence-corrected chi connectivity index (χ1v) is 6.72. The summed E-state index contributed by atoms with van der Waals surface area (Å²) in [6.07, 6.45) is 0. The number of hydrogen-bond donors (Lipinski definition) is 0. The number of alkyl halides is 2. The van der Waals surface area contributed by atoms with Gasteiger partial charge < -0.3 is 0 Å². The first-order chi connectivity index (χ1) is 6.86. The molecule has 0 aliphatic heterocycles. The second-order valence-electron chi connectivity index (χ2n) is 3.20. The van der Waals surface area contributed by atoms with Gasteiger partial charge in [-0.3, -0.25) is 0 Å². The summed E-state index contributed by atoms with van der Waals surface area (Å²) in [6, 6.07) is 12.9. The molecule has 0 aliphatic rings. The molecule has 0 bridgehead atoms. The highest BCUT2D eigenvalue weighted by molar-refractivity contribution is 9.08. The minimum atomic E-state index is 0.911. The van der Waals surface area contributed by atoms with Crippen LogP contribution in [0.2, 0.25) is 0 Å². The third kappa shape index (κ3) is 1.73. The van der Waals surface area contributed by atoms with E-state index >= 15 is 0 Å². The number of benzene rings is 2. The Kier molecular flexibility index (Phi) is 3.24. The van der Waals surface area contributed by atoms with Crippen molar-refractivity contribution in [2.45, 2.75) is 10.7 Å². The van der Waals surface area contributed by atoms with Crippen LogP contribution in [0.5, 0.6) is 0 Å². The molecule has 0 nitrogen and oxygen atoms in total. The molecular formula is C12H10Br2. The van der Waals surface area contributed by atoms with Crippen molar-refractivity contribution < 1.29 is 0 Å². The second-order valence-corrected chi connectivity index (χ2v) is 4.32. The number of rotatable bonds is 2. The molecule has 2 heteroatoms. The Hall–Kier alpha value is -0.340. The van der Waals surface area contributed by atoms with E-state index in [9.17, 15) is 0 Å². The van der Waals surface area contributed by atoms with E-state index in [0.717, 1.165) is 10.7 Å². The van der Waals surface area contributed by atoms with E-state index in [4.69, 9.17) is 0 Å². The van der Waals surface area contributed by atoms with Gasteiger partial charge in [-0.2, -0.15) is 0 Å². The zero-order valence-corrected chi connectivity index (χ0v) is 10.8. The average molecular weight is 314 g/mol. The van der Waals surface area contributed by atoms with Gasteiger partial charge in [0.2, 0.25) is 0 Å². The maximum absolute atomic E-state index is 3.53. The lowest BCUT2D eigenvalue weighted by atomic mass is 10.0. The van der Waals surface area contributed by atoms with Gasteiger partial charge in [0.05, 0.1) is 0 Å². The van der Waals surface area contributed by atoms with Crippen LogP contribution < -0.4 is 0 Å². The van der Waals surface area contributed by atoms with E-state index in [1.54, 1.807) is 0 Å². The number of halogens is 2. The molecule has 0 amide bonds. The summed E-state index contributed by atoms with van der Waals surface area (Å²) in [6.45, 7) is 0. The van der Waals surface area contributed by atoms with Gasteiger partial charge in [-0.15, -0.1) is 0 Å². The fraction of sp³-hybridized carbons (Fsp3) is 0.167. The Balaban J connectivity index is 2.81. The van der Waals surface area contributed by atoms with Crippen molar-refractivity contribution in [2.75, 3.05) is 0 Å². The molecule has 2 aromatic carbocycles. The summed E-state index contributed by atoms with van der Waals surface area (Å²) in [4.78, 5) is 0. The van der Waals surface area contributed by atoms with Crippen molar-refractivity contribution in [3.05, 3.63) is 47.5 Å². The highest BCUT2D eigenvalue weighted by Crippen LogP contribution is 2.26. The summed E-state index contributed by atoms with van der Waals surface area (Å²) in [7, 11) is 0. The molecule has 0 atom stereocenters. The van der Waals surface area contributed by atoms with Gasteiger partial charge in [0.15, 0.2) is 0 Å². The van der Waals surface area contributed by atoms with Crippen LogP contribution >= 0.6 is 31.9 Å². The van der Waals surface area contributed by atoms with Gasteiger partial charge >= 0.3 is 0 Å². The summed E-state index contributed by atoms with van der Waals surface area (Å²) in [5.41, 5.74) is 2.72. The molecule has 0 N–H and O–H groups in total. The molecule has 0 heterocycles. The summed E-state index contributed by atoms with van der Waals surface area (Å²) in [5, 5.41) is 4.52. The third-order valence-corrected chi connectivity index (χ3v) is 3.57. The Morgan fingerprint density at radius 2 is 1.29 bits per heavy atom. The third-order valence-electron chi connectivity index (χ3n) is 2.37. The molecule has 0 spiro atoms. The van der Waals surface area contributed by atoms with Gasteiger partial charge in [0.25, 0.3) is 0 Å². The molecule has 0 saturated carbocycles. The molecule has 0 saturated heterocycles. The quantitative estimate of drug-likeness (QED) is 0.709. The van der Waals surface area contributed by atoms with E-state index < -0.39 is 0 Å². The molecule has 0 fully saturated rings. The van der Waals surface area contributed by atoms with Gasteiger partial charge in [-0.25, -0.2) is 0 Å². The number of hydrogen-bond acceptors (Lipinski definition) is 0. The highest BCUT2D eigenvalue weighted by atomic mass is 79.9. The molecule has 14 heavy (non-hydrogen) atoms. The van der Waals surface area contributed by atoms with E-state index in [1.807, 2.05) is 0 Å². The first kappa shape index (κ1) is 10.2. The molecular weight excluding hydrogens is 304 g/mol. The lowest BCUT2D eigenvalue weighted by Crippen LogP contribution is -1.87. The predicted molar refractivity (Wildman–Crippen MR) is 69.2 cm³/mol. The largest absolute Gasteiger partial charge is 0.0876 e. The van der Waals surface area contributed by atoms with Crippen molar-refractivity contribution in [3.63, 3.8) is 0 Å². The zero-order chi connectivity index (χ0) is 9.97. The minimum absolute atomic E-state index is 0.911. The monoisotopic (exact) mass is 312 g/mol. The highest BCUT2D eigenvalue weighted by Gasteiger charge is 2.03. The smallest absolute Gasteiger partial charge is 0.0289 e. The summed E-state index contributed by atoms with van der Waals surface area (Å²) < 4.78 is 0. The number of fused-ring (bicyclic) bond motifs is 1. The van der Waals surface area contributed by atoms with Crippen LogP contribution in [0.1, 0.15) is 11.1 Å². The molecule has 72 valence electrons. The van der Waals surface area contributed by atoms with Crippen molar-refractivity contribution in [1.82, 2.24) is 0 Å². The van der Waals surface area contributed by atoms with Crippen molar-refractivity contribution in [2.24, 2.45) is 0 Å². The normalized spacial score (nSPS) is 10.7. The second kappa shape index (κ2) is 4.45. The standard InChI is InChI=1S/C12H10Br2/c13-7-10-5-1-3-9-4-2-6-11(8-14)12(9)10/h1-6H,7-8H2. The molecule has 0 aromatic heterocycles. The van der Waals surface area contributed by atoms with Crippen LogP contribution in [-0.2, 0) is 10.7 Å². The van der Waals surface area contributed by atoms with Crippen molar-refractivity contribution in [3.8, 4) is 0 Å². The Morgan fingerprint density at radius 3 is 1.71 bits per heavy atom. The van der Waals surface area contributed by atoms with Gasteiger partial charge in [0, 0.05) is 10.7 Å². The summed E-state index contributed by atoms with van der Waals surface area (Å²) in [5.74, 6) is 0. The SMILES string of the molecule is BrCc1cccc2cccc(CBr)c12. The fourth-order valence-electron chi connectivity index (χ4n) is 1.72. The van der Waals surface area contributed by atoms with Crippen LogP contribution in [-0.4, -0.2) is 0 Å². The molecule has 2 rings (SSSR count). The van der Waals surface area contributed by atoms with E-state index in [0.29, 0.717) is 0 Å². The maximum atomic E-state index is 3.53. The Labute approximate surface area is 101 Å². The summed E-state index contributed by atoms with van der Waals surface area (Å²) >= 11 is 7.05. The molecule has 0 unspecified atom stereocenters. The van der Waals surface area contributed by atoms with Crippen LogP contribution in [0.25, 0.3) is 10.8 Å². The Bertz CT molecular complexity index is 410. The topological polar surface area (TPSA) is 0 Å². The lowest BCUT2D eigenvalue weighted by Gasteiger charge is -2.07. The maximum Gasteiger partial charge on any atom is 0.0289 e. The molecule has 0 radical (unpaired) electrons.